The van der Waals surface area contributed by atoms with Crippen LogP contribution in [0.25, 0.3) is 0 Å². The molecule has 0 bridgehead atoms. The molecule has 1 rings (SSSR count). The molecule has 0 spiro atoms. The predicted octanol–water partition coefficient (Wildman–Crippen LogP) is -0.124. The Morgan fingerprint density at radius 3 is 2.88 bits per heavy atom. The van der Waals surface area contributed by atoms with Crippen LogP contribution in [0.1, 0.15) is 6.92 Å². The summed E-state index contributed by atoms with van der Waals surface area (Å²) in [6.07, 6.45) is 1.36. The zero-order chi connectivity index (χ0) is 12.1. The smallest absolute Gasteiger partial charge is 0.363 e. The Labute approximate surface area is 91.8 Å². The van der Waals surface area contributed by atoms with Gasteiger partial charge in [0.05, 0.1) is 0 Å². The molecular weight excluding hydrogens is 214 g/mol. The fourth-order valence-corrected chi connectivity index (χ4v) is 1.17. The number of hydrogen-bond acceptors (Lipinski definition) is 5. The summed E-state index contributed by atoms with van der Waals surface area (Å²) < 4.78 is 1.52. The molecule has 1 aromatic heterocycles. The highest BCUT2D eigenvalue weighted by molar-refractivity contribution is 5.72. The number of nitrogens with zero attached hydrogens (tertiary/aromatic N) is 3. The molecule has 0 radical (unpaired) electrons. The Kier molecular flexibility index (Phi) is 3.81. The molecule has 0 aliphatic carbocycles. The van der Waals surface area contributed by atoms with E-state index in [1.807, 2.05) is 0 Å². The summed E-state index contributed by atoms with van der Waals surface area (Å²) in [7, 11) is 1.65. The molecule has 0 unspecified atom stereocenters. The van der Waals surface area contributed by atoms with Gasteiger partial charge in [0.15, 0.2) is 0 Å². The van der Waals surface area contributed by atoms with Crippen molar-refractivity contribution in [2.45, 2.75) is 6.92 Å². The highest BCUT2D eigenvalue weighted by atomic mass is 16.6. The minimum absolute atomic E-state index is 0.138. The van der Waals surface area contributed by atoms with Crippen molar-refractivity contribution in [3.63, 3.8) is 0 Å². The van der Waals surface area contributed by atoms with Crippen molar-refractivity contribution >= 4 is 17.5 Å². The van der Waals surface area contributed by atoms with Crippen molar-refractivity contribution in [2.75, 3.05) is 18.4 Å². The summed E-state index contributed by atoms with van der Waals surface area (Å²) in [6.45, 7) is 2.21. The van der Waals surface area contributed by atoms with Gasteiger partial charge in [0, 0.05) is 27.1 Å². The lowest BCUT2D eigenvalue weighted by Crippen LogP contribution is -2.26. The van der Waals surface area contributed by atoms with E-state index in [9.17, 15) is 14.9 Å². The van der Waals surface area contributed by atoms with Crippen LogP contribution in [0.4, 0.5) is 11.6 Å². The first kappa shape index (κ1) is 12.0. The van der Waals surface area contributed by atoms with Gasteiger partial charge in [0.1, 0.15) is 0 Å². The van der Waals surface area contributed by atoms with Crippen LogP contribution in [-0.4, -0.2) is 33.5 Å². The van der Waals surface area contributed by atoms with Gasteiger partial charge in [-0.1, -0.05) is 0 Å². The second-order valence-electron chi connectivity index (χ2n) is 3.19. The highest BCUT2D eigenvalue weighted by Crippen LogP contribution is 2.20. The van der Waals surface area contributed by atoms with Crippen molar-refractivity contribution in [3.8, 4) is 0 Å². The molecular formula is C8H13N5O3. The van der Waals surface area contributed by atoms with E-state index >= 15 is 0 Å². The van der Waals surface area contributed by atoms with Crippen molar-refractivity contribution in [2.24, 2.45) is 7.05 Å². The average molecular weight is 227 g/mol. The van der Waals surface area contributed by atoms with E-state index in [2.05, 4.69) is 15.6 Å². The van der Waals surface area contributed by atoms with Crippen molar-refractivity contribution in [1.82, 2.24) is 14.9 Å². The monoisotopic (exact) mass is 227 g/mol. The molecule has 0 atom stereocenters. The molecule has 1 aromatic rings. The zero-order valence-electron chi connectivity index (χ0n) is 9.06. The standard InChI is InChI=1S/C8H13N5O3/c1-6(14)9-3-4-10-7-8(13(15)16)11-5-12(7)2/h5,10H,3-4H2,1-2H3,(H,9,14). The summed E-state index contributed by atoms with van der Waals surface area (Å²) in [4.78, 5) is 24.3. The van der Waals surface area contributed by atoms with Crippen LogP contribution in [0.2, 0.25) is 0 Å². The van der Waals surface area contributed by atoms with E-state index < -0.39 is 4.92 Å². The molecule has 0 aliphatic rings. The lowest BCUT2D eigenvalue weighted by Gasteiger charge is -2.06. The molecule has 8 heteroatoms. The maximum Gasteiger partial charge on any atom is 0.406 e. The average Bonchev–Trinajstić information content (AvgIpc) is 2.54. The molecule has 8 nitrogen and oxygen atoms in total. The van der Waals surface area contributed by atoms with E-state index in [1.54, 1.807) is 7.05 Å². The number of rotatable bonds is 5. The summed E-state index contributed by atoms with van der Waals surface area (Å²) in [6, 6.07) is 0. The fourth-order valence-electron chi connectivity index (χ4n) is 1.17. The number of hydrogen-bond donors (Lipinski definition) is 2. The quantitative estimate of drug-likeness (QED) is 0.414. The number of nitro groups is 1. The van der Waals surface area contributed by atoms with Crippen molar-refractivity contribution in [1.29, 1.82) is 0 Å². The molecule has 0 saturated carbocycles. The summed E-state index contributed by atoms with van der Waals surface area (Å²) in [5.74, 6) is -0.0259. The van der Waals surface area contributed by atoms with Gasteiger partial charge in [-0.2, -0.15) is 0 Å². The minimum atomic E-state index is -0.555. The van der Waals surface area contributed by atoms with E-state index in [4.69, 9.17) is 0 Å². The third kappa shape index (κ3) is 2.94. The third-order valence-corrected chi connectivity index (χ3v) is 1.88. The Hall–Kier alpha value is -2.12. The minimum Gasteiger partial charge on any atom is -0.363 e. The molecule has 0 fully saturated rings. The Bertz CT molecular complexity index is 400. The number of aryl methyl sites for hydroxylation is 1. The van der Waals surface area contributed by atoms with Crippen LogP contribution in [-0.2, 0) is 11.8 Å². The SMILES string of the molecule is CC(=O)NCCNc1c([N+](=O)[O-])ncn1C. The molecule has 0 aliphatic heterocycles. The van der Waals surface area contributed by atoms with Crippen molar-refractivity contribution in [3.05, 3.63) is 16.4 Å². The third-order valence-electron chi connectivity index (χ3n) is 1.88. The largest absolute Gasteiger partial charge is 0.406 e. The van der Waals surface area contributed by atoms with Gasteiger partial charge < -0.3 is 20.7 Å². The van der Waals surface area contributed by atoms with Crippen molar-refractivity contribution < 1.29 is 9.72 Å². The molecule has 16 heavy (non-hydrogen) atoms. The van der Waals surface area contributed by atoms with Crippen LogP contribution in [0, 0.1) is 10.1 Å². The van der Waals surface area contributed by atoms with E-state index in [0.717, 1.165) is 0 Å². The van der Waals surface area contributed by atoms with Crippen LogP contribution in [0.15, 0.2) is 6.33 Å². The summed E-state index contributed by atoms with van der Waals surface area (Å²) in [5.41, 5.74) is 0. The second-order valence-corrected chi connectivity index (χ2v) is 3.19. The van der Waals surface area contributed by atoms with E-state index in [1.165, 1.54) is 17.8 Å². The highest BCUT2D eigenvalue weighted by Gasteiger charge is 2.19. The molecule has 1 heterocycles. The Morgan fingerprint density at radius 1 is 1.62 bits per heavy atom. The molecule has 88 valence electrons. The van der Waals surface area contributed by atoms with Crippen LogP contribution >= 0.6 is 0 Å². The number of imidazole rings is 1. The van der Waals surface area contributed by atoms with Gasteiger partial charge in [-0.15, -0.1) is 0 Å². The Balaban J connectivity index is 2.56. The van der Waals surface area contributed by atoms with E-state index in [-0.39, 0.29) is 11.7 Å². The van der Waals surface area contributed by atoms with Gasteiger partial charge in [-0.3, -0.25) is 9.36 Å². The first-order valence-electron chi connectivity index (χ1n) is 4.66. The number of carbonyl (C=O) groups is 1. The second kappa shape index (κ2) is 5.10. The maximum absolute atomic E-state index is 10.6. The van der Waals surface area contributed by atoms with Gasteiger partial charge in [0.2, 0.25) is 18.1 Å². The lowest BCUT2D eigenvalue weighted by atomic mass is 10.5. The molecule has 2 N–H and O–H groups in total. The first-order chi connectivity index (χ1) is 7.52. The number of carbonyl (C=O) groups excluding carboxylic acids is 1. The van der Waals surface area contributed by atoms with E-state index in [0.29, 0.717) is 18.9 Å². The maximum atomic E-state index is 10.6. The normalized spacial score (nSPS) is 9.88. The number of anilines is 1. The van der Waals surface area contributed by atoms with Crippen LogP contribution < -0.4 is 10.6 Å². The Morgan fingerprint density at radius 2 is 2.31 bits per heavy atom. The first-order valence-corrected chi connectivity index (χ1v) is 4.66. The lowest BCUT2D eigenvalue weighted by molar-refractivity contribution is -0.388. The molecule has 0 saturated heterocycles. The predicted molar refractivity (Wildman–Crippen MR) is 57.0 cm³/mol. The molecule has 1 amide bonds. The fraction of sp³-hybridized carbons (Fsp3) is 0.500. The van der Waals surface area contributed by atoms with Crippen LogP contribution in [0.5, 0.6) is 0 Å². The molecule has 0 aromatic carbocycles. The van der Waals surface area contributed by atoms with Gasteiger partial charge in [0.25, 0.3) is 0 Å². The van der Waals surface area contributed by atoms with Gasteiger partial charge in [-0.25, -0.2) is 0 Å². The topological polar surface area (TPSA) is 102 Å². The number of aromatic nitrogens is 2. The number of amides is 1. The van der Waals surface area contributed by atoms with Crippen LogP contribution in [0.3, 0.4) is 0 Å². The summed E-state index contributed by atoms with van der Waals surface area (Å²) >= 11 is 0. The van der Waals surface area contributed by atoms with Gasteiger partial charge in [-0.05, 0) is 9.91 Å². The van der Waals surface area contributed by atoms with Gasteiger partial charge >= 0.3 is 5.82 Å². The zero-order valence-corrected chi connectivity index (χ0v) is 9.06. The number of nitrogens with one attached hydrogen (secondary N) is 2. The summed E-state index contributed by atoms with van der Waals surface area (Å²) in [5, 5.41) is 16.0.